The number of ether oxygens (including phenoxy) is 1. The zero-order valence-electron chi connectivity index (χ0n) is 11.8. The Hall–Kier alpha value is -1.59. The number of hydrogen-bond donors (Lipinski definition) is 2. The van der Waals surface area contributed by atoms with Gasteiger partial charge in [-0.25, -0.2) is 4.98 Å². The van der Waals surface area contributed by atoms with Crippen molar-refractivity contribution in [3.05, 3.63) is 40.3 Å². The summed E-state index contributed by atoms with van der Waals surface area (Å²) in [6, 6.07) is 6.23. The molecule has 2 heterocycles. The van der Waals surface area contributed by atoms with Crippen LogP contribution in [0.1, 0.15) is 24.4 Å². The smallest absolute Gasteiger partial charge is 0.146 e. The number of rotatable bonds is 4. The molecule has 0 saturated carbocycles. The molecule has 0 spiro atoms. The van der Waals surface area contributed by atoms with Gasteiger partial charge in [0.2, 0.25) is 0 Å². The van der Waals surface area contributed by atoms with Crippen LogP contribution in [0.15, 0.2) is 29.8 Å². The Morgan fingerprint density at radius 2 is 2.35 bits per heavy atom. The topological polar surface area (TPSA) is 46.2 Å². The Balaban J connectivity index is 1.76. The monoisotopic (exact) mass is 289 g/mol. The fourth-order valence-corrected chi connectivity index (χ4v) is 3.04. The van der Waals surface area contributed by atoms with Gasteiger partial charge in [-0.1, -0.05) is 12.1 Å². The van der Waals surface area contributed by atoms with Gasteiger partial charge in [0.1, 0.15) is 17.4 Å². The molecule has 0 atom stereocenters. The van der Waals surface area contributed by atoms with E-state index in [0.29, 0.717) is 0 Å². The van der Waals surface area contributed by atoms with Gasteiger partial charge in [-0.2, -0.15) is 0 Å². The van der Waals surface area contributed by atoms with Crippen molar-refractivity contribution in [1.29, 1.82) is 0 Å². The second-order valence-electron chi connectivity index (χ2n) is 5.38. The molecule has 2 N–H and O–H groups in total. The molecule has 0 fully saturated rings. The second-order valence-corrected chi connectivity index (χ2v) is 6.28. The van der Waals surface area contributed by atoms with Crippen LogP contribution >= 0.6 is 11.3 Å². The second kappa shape index (κ2) is 5.42. The van der Waals surface area contributed by atoms with E-state index in [1.165, 1.54) is 5.56 Å². The first-order valence-electron chi connectivity index (χ1n) is 6.80. The summed E-state index contributed by atoms with van der Waals surface area (Å²) in [7, 11) is 0. The van der Waals surface area contributed by atoms with Crippen molar-refractivity contribution in [2.75, 3.05) is 18.5 Å². The largest absolute Gasteiger partial charge is 0.489 e. The lowest BCUT2D eigenvalue weighted by atomic mass is 10.1. The molecular weight excluding hydrogens is 270 g/mol. The summed E-state index contributed by atoms with van der Waals surface area (Å²) >= 11 is 1.68. The van der Waals surface area contributed by atoms with Crippen molar-refractivity contribution in [1.82, 2.24) is 10.3 Å². The third-order valence-corrected chi connectivity index (χ3v) is 4.55. The van der Waals surface area contributed by atoms with Gasteiger partial charge in [0.15, 0.2) is 0 Å². The quantitative estimate of drug-likeness (QED) is 0.908. The number of nitrogens with zero attached hydrogens (tertiary/aromatic N) is 1. The molecule has 2 aromatic rings. The van der Waals surface area contributed by atoms with Crippen LogP contribution in [0.2, 0.25) is 0 Å². The van der Waals surface area contributed by atoms with Crippen LogP contribution in [0.5, 0.6) is 5.75 Å². The van der Waals surface area contributed by atoms with E-state index in [0.717, 1.165) is 36.1 Å². The van der Waals surface area contributed by atoms with Gasteiger partial charge in [-0.3, -0.25) is 0 Å². The van der Waals surface area contributed by atoms with Crippen molar-refractivity contribution in [3.63, 3.8) is 0 Å². The van der Waals surface area contributed by atoms with Gasteiger partial charge in [-0.05, 0) is 19.9 Å². The summed E-state index contributed by atoms with van der Waals surface area (Å²) in [4.78, 5) is 4.40. The highest BCUT2D eigenvalue weighted by molar-refractivity contribution is 7.09. The van der Waals surface area contributed by atoms with Crippen LogP contribution in [0.3, 0.4) is 0 Å². The summed E-state index contributed by atoms with van der Waals surface area (Å²) in [5.41, 5.74) is 2.13. The van der Waals surface area contributed by atoms with E-state index >= 15 is 0 Å². The fraction of sp³-hybridized carbons (Fsp3) is 0.400. The molecule has 0 amide bonds. The van der Waals surface area contributed by atoms with E-state index < -0.39 is 0 Å². The van der Waals surface area contributed by atoms with Crippen LogP contribution in [0.25, 0.3) is 0 Å². The Morgan fingerprint density at radius 3 is 3.15 bits per heavy atom. The molecule has 4 nitrogen and oxygen atoms in total. The number of anilines is 1. The average molecular weight is 289 g/mol. The Morgan fingerprint density at radius 1 is 1.45 bits per heavy atom. The van der Waals surface area contributed by atoms with Crippen molar-refractivity contribution < 1.29 is 4.74 Å². The average Bonchev–Trinajstić information content (AvgIpc) is 3.00. The van der Waals surface area contributed by atoms with E-state index in [1.54, 1.807) is 11.3 Å². The number of aromatic nitrogens is 1. The molecule has 0 saturated heterocycles. The maximum Gasteiger partial charge on any atom is 0.146 e. The molecule has 1 aliphatic rings. The number of nitrogens with one attached hydrogen (secondary N) is 2. The normalized spacial score (nSPS) is 14.3. The minimum absolute atomic E-state index is 0.140. The maximum atomic E-state index is 5.79. The lowest BCUT2D eigenvalue weighted by molar-refractivity contribution is 0.315. The molecule has 3 rings (SSSR count). The van der Waals surface area contributed by atoms with Gasteiger partial charge in [0.05, 0.1) is 11.2 Å². The summed E-state index contributed by atoms with van der Waals surface area (Å²) in [5, 5.41) is 10.0. The molecular formula is C15H19N3OS. The van der Waals surface area contributed by atoms with Crippen molar-refractivity contribution >= 4 is 17.0 Å². The number of fused-ring (bicyclic) bond motifs is 1. The van der Waals surface area contributed by atoms with Gasteiger partial charge in [0, 0.05) is 30.2 Å². The maximum absolute atomic E-state index is 5.79. The van der Waals surface area contributed by atoms with E-state index in [2.05, 4.69) is 47.7 Å². The van der Waals surface area contributed by atoms with E-state index in [9.17, 15) is 0 Å². The summed E-state index contributed by atoms with van der Waals surface area (Å²) in [6.07, 6.45) is 1.85. The minimum atomic E-state index is -0.140. The molecule has 0 radical (unpaired) electrons. The minimum Gasteiger partial charge on any atom is -0.489 e. The molecule has 5 heteroatoms. The van der Waals surface area contributed by atoms with Crippen LogP contribution in [0, 0.1) is 0 Å². The van der Waals surface area contributed by atoms with Crippen LogP contribution in [0.4, 0.5) is 5.69 Å². The summed E-state index contributed by atoms with van der Waals surface area (Å²) in [5.74, 6) is 0.973. The number of benzene rings is 1. The predicted octanol–water partition coefficient (Wildman–Crippen LogP) is 2.97. The number of hydrogen-bond acceptors (Lipinski definition) is 5. The summed E-state index contributed by atoms with van der Waals surface area (Å²) < 4.78 is 5.79. The molecule has 20 heavy (non-hydrogen) atoms. The van der Waals surface area contributed by atoms with Gasteiger partial charge in [0.25, 0.3) is 0 Å². The lowest BCUT2D eigenvalue weighted by Gasteiger charge is -2.26. The highest BCUT2D eigenvalue weighted by Crippen LogP contribution is 2.32. The first kappa shape index (κ1) is 13.4. The lowest BCUT2D eigenvalue weighted by Crippen LogP contribution is -2.36. The van der Waals surface area contributed by atoms with E-state index in [1.807, 2.05) is 11.6 Å². The first-order chi connectivity index (χ1) is 9.67. The zero-order valence-corrected chi connectivity index (χ0v) is 12.6. The van der Waals surface area contributed by atoms with Gasteiger partial charge >= 0.3 is 0 Å². The van der Waals surface area contributed by atoms with Crippen molar-refractivity contribution in [3.8, 4) is 5.75 Å². The molecule has 106 valence electrons. The summed E-state index contributed by atoms with van der Waals surface area (Å²) in [6.45, 7) is 6.66. The molecule has 0 unspecified atom stereocenters. The highest BCUT2D eigenvalue weighted by atomic mass is 32.1. The molecule has 0 bridgehead atoms. The molecule has 1 aromatic heterocycles. The predicted molar refractivity (Wildman–Crippen MR) is 82.4 cm³/mol. The van der Waals surface area contributed by atoms with Crippen LogP contribution < -0.4 is 15.4 Å². The van der Waals surface area contributed by atoms with Gasteiger partial charge < -0.3 is 15.4 Å². The highest BCUT2D eigenvalue weighted by Gasteiger charge is 2.23. The fourth-order valence-electron chi connectivity index (χ4n) is 2.30. The van der Waals surface area contributed by atoms with Gasteiger partial charge in [-0.15, -0.1) is 11.3 Å². The number of thiazole rings is 1. The Bertz CT molecular complexity index is 581. The Kier molecular flexibility index (Phi) is 3.63. The molecule has 1 aliphatic heterocycles. The van der Waals surface area contributed by atoms with E-state index in [-0.39, 0.29) is 5.54 Å². The SMILES string of the molecule is CC(C)(NCc1cccc2c1OCCN2)c1nccs1. The third-order valence-electron chi connectivity index (χ3n) is 3.45. The molecule has 0 aliphatic carbocycles. The number of para-hydroxylation sites is 1. The van der Waals surface area contributed by atoms with Crippen molar-refractivity contribution in [2.24, 2.45) is 0 Å². The third kappa shape index (κ3) is 2.64. The molecule has 1 aromatic carbocycles. The van der Waals surface area contributed by atoms with Crippen LogP contribution in [-0.4, -0.2) is 18.1 Å². The van der Waals surface area contributed by atoms with Crippen LogP contribution in [-0.2, 0) is 12.1 Å². The van der Waals surface area contributed by atoms with Crippen molar-refractivity contribution in [2.45, 2.75) is 25.9 Å². The standard InChI is InChI=1S/C15H19N3OS/c1-15(2,14-17-7-9-20-14)18-10-11-4-3-5-12-13(11)19-8-6-16-12/h3-5,7,9,16,18H,6,8,10H2,1-2H3. The Labute approximate surface area is 123 Å². The first-order valence-corrected chi connectivity index (χ1v) is 7.68. The van der Waals surface area contributed by atoms with E-state index in [4.69, 9.17) is 4.74 Å². The zero-order chi connectivity index (χ0) is 14.0.